The van der Waals surface area contributed by atoms with Gasteiger partial charge in [0.2, 0.25) is 0 Å². The molecule has 4 heteroatoms. The Kier molecular flexibility index (Phi) is 6.72. The second-order valence-electron chi connectivity index (χ2n) is 6.02. The number of piperidine rings is 1. The van der Waals surface area contributed by atoms with Crippen LogP contribution in [0.15, 0.2) is 0 Å². The summed E-state index contributed by atoms with van der Waals surface area (Å²) in [5.74, 6) is 0.446. The number of ether oxygens (including phenoxy) is 1. The molecule has 1 aliphatic rings. The lowest BCUT2D eigenvalue weighted by Gasteiger charge is -2.32. The fourth-order valence-electron chi connectivity index (χ4n) is 1.60. The van der Waals surface area contributed by atoms with Gasteiger partial charge in [0.1, 0.15) is 5.60 Å². The van der Waals surface area contributed by atoms with Crippen molar-refractivity contribution in [1.29, 1.82) is 0 Å². The summed E-state index contributed by atoms with van der Waals surface area (Å²) in [5, 5.41) is 12.9. The summed E-state index contributed by atoms with van der Waals surface area (Å²) in [6.07, 6.45) is 2.37. The van der Waals surface area contributed by atoms with Crippen LogP contribution in [-0.4, -0.2) is 35.9 Å². The van der Waals surface area contributed by atoms with E-state index in [0.29, 0.717) is 12.4 Å². The van der Waals surface area contributed by atoms with Gasteiger partial charge in [0, 0.05) is 6.54 Å². The summed E-state index contributed by atoms with van der Waals surface area (Å²) in [6, 6.07) is 0. The Morgan fingerprint density at radius 1 is 1.29 bits per heavy atom. The maximum atomic E-state index is 9.60. The molecule has 0 aromatic carbocycles. The number of aliphatic hydroxyl groups is 1. The van der Waals surface area contributed by atoms with Crippen molar-refractivity contribution in [3.05, 3.63) is 0 Å². The van der Waals surface area contributed by atoms with Crippen molar-refractivity contribution < 1.29 is 14.6 Å². The molecular weight excluding hydrogens is 218 g/mol. The minimum atomic E-state index is -0.493. The van der Waals surface area contributed by atoms with Gasteiger partial charge >= 0.3 is 0 Å². The van der Waals surface area contributed by atoms with E-state index in [9.17, 15) is 9.90 Å². The maximum absolute atomic E-state index is 9.60. The van der Waals surface area contributed by atoms with Crippen LogP contribution in [0.4, 0.5) is 0 Å². The third kappa shape index (κ3) is 9.12. The normalized spacial score (nSPS) is 21.2. The number of nitrogens with one attached hydrogen (secondary N) is 1. The van der Waals surface area contributed by atoms with Gasteiger partial charge in [-0.15, -0.1) is 0 Å². The summed E-state index contributed by atoms with van der Waals surface area (Å²) < 4.78 is 4.55. The quantitative estimate of drug-likeness (QED) is 0.727. The zero-order valence-electron chi connectivity index (χ0n) is 11.7. The van der Waals surface area contributed by atoms with Gasteiger partial charge in [-0.1, -0.05) is 0 Å². The average Bonchev–Trinajstić information content (AvgIpc) is 2.17. The molecule has 0 aliphatic carbocycles. The van der Waals surface area contributed by atoms with Gasteiger partial charge in [-0.2, -0.15) is 0 Å². The van der Waals surface area contributed by atoms with Gasteiger partial charge in [0.15, 0.2) is 0 Å². The van der Waals surface area contributed by atoms with E-state index in [1.54, 1.807) is 0 Å². The molecule has 0 bridgehead atoms. The number of hydrogen-bond acceptors (Lipinski definition) is 4. The summed E-state index contributed by atoms with van der Waals surface area (Å²) in [4.78, 5) is 9.60. The van der Waals surface area contributed by atoms with E-state index in [0.717, 1.165) is 19.5 Å². The molecule has 17 heavy (non-hydrogen) atoms. The number of carbonyl (C=O) groups is 1. The maximum Gasteiger partial charge on any atom is 0.293 e. The Balaban J connectivity index is 0.000000325. The molecule has 0 aromatic rings. The van der Waals surface area contributed by atoms with Crippen LogP contribution in [0.1, 0.15) is 47.5 Å². The average molecular weight is 245 g/mol. The minimum Gasteiger partial charge on any atom is -0.462 e. The van der Waals surface area contributed by atoms with Gasteiger partial charge in [0.25, 0.3) is 6.47 Å². The van der Waals surface area contributed by atoms with Crippen LogP contribution in [0.2, 0.25) is 0 Å². The van der Waals surface area contributed by atoms with Crippen LogP contribution in [0.3, 0.4) is 0 Å². The molecule has 102 valence electrons. The zero-order valence-corrected chi connectivity index (χ0v) is 11.7. The standard InChI is InChI=1S/C8H17NO.C5H10O2/c1-8(2,10)7-4-3-5-9-6-7;1-5(2,3)7-4-6/h7,9-10H,3-6H2,1-2H3;4H,1-3H3/t7-;/m0./s1. The molecule has 0 radical (unpaired) electrons. The lowest BCUT2D eigenvalue weighted by atomic mass is 9.85. The van der Waals surface area contributed by atoms with E-state index in [4.69, 9.17) is 0 Å². The summed E-state index contributed by atoms with van der Waals surface area (Å²) in [5.41, 5.74) is -0.810. The van der Waals surface area contributed by atoms with Gasteiger partial charge in [-0.25, -0.2) is 0 Å². The lowest BCUT2D eigenvalue weighted by molar-refractivity contribution is -0.138. The third-order valence-electron chi connectivity index (χ3n) is 2.70. The monoisotopic (exact) mass is 245 g/mol. The highest BCUT2D eigenvalue weighted by Gasteiger charge is 2.27. The van der Waals surface area contributed by atoms with E-state index in [2.05, 4.69) is 10.1 Å². The second-order valence-corrected chi connectivity index (χ2v) is 6.02. The highest BCUT2D eigenvalue weighted by atomic mass is 16.5. The summed E-state index contributed by atoms with van der Waals surface area (Å²) >= 11 is 0. The Bertz CT molecular complexity index is 210. The molecule has 0 aromatic heterocycles. The van der Waals surface area contributed by atoms with E-state index in [-0.39, 0.29) is 5.60 Å². The van der Waals surface area contributed by atoms with E-state index < -0.39 is 5.60 Å². The van der Waals surface area contributed by atoms with Gasteiger partial charge in [-0.3, -0.25) is 4.79 Å². The molecule has 1 aliphatic heterocycles. The van der Waals surface area contributed by atoms with Crippen molar-refractivity contribution in [2.24, 2.45) is 5.92 Å². The van der Waals surface area contributed by atoms with E-state index >= 15 is 0 Å². The highest BCUT2D eigenvalue weighted by molar-refractivity contribution is 5.37. The molecule has 0 unspecified atom stereocenters. The second kappa shape index (κ2) is 6.97. The van der Waals surface area contributed by atoms with Crippen LogP contribution >= 0.6 is 0 Å². The summed E-state index contributed by atoms with van der Waals surface area (Å²) in [7, 11) is 0. The molecule has 1 heterocycles. The number of hydrogen-bond donors (Lipinski definition) is 2. The molecule has 1 atom stereocenters. The Hall–Kier alpha value is -0.610. The van der Waals surface area contributed by atoms with Gasteiger partial charge < -0.3 is 15.2 Å². The Morgan fingerprint density at radius 3 is 2.06 bits per heavy atom. The van der Waals surface area contributed by atoms with Crippen molar-refractivity contribution >= 4 is 6.47 Å². The smallest absolute Gasteiger partial charge is 0.293 e. The third-order valence-corrected chi connectivity index (χ3v) is 2.70. The Morgan fingerprint density at radius 2 is 1.88 bits per heavy atom. The van der Waals surface area contributed by atoms with E-state index in [1.165, 1.54) is 6.42 Å². The molecule has 0 saturated carbocycles. The molecule has 1 fully saturated rings. The van der Waals surface area contributed by atoms with Crippen molar-refractivity contribution in [1.82, 2.24) is 5.32 Å². The molecule has 1 saturated heterocycles. The van der Waals surface area contributed by atoms with Crippen molar-refractivity contribution in [3.63, 3.8) is 0 Å². The minimum absolute atomic E-state index is 0.318. The number of carbonyl (C=O) groups excluding carboxylic acids is 1. The Labute approximate surface area is 105 Å². The molecule has 4 nitrogen and oxygen atoms in total. The van der Waals surface area contributed by atoms with Crippen molar-refractivity contribution in [2.75, 3.05) is 13.1 Å². The number of rotatable bonds is 2. The van der Waals surface area contributed by atoms with Gasteiger partial charge in [-0.05, 0) is 59.9 Å². The molecule has 1 rings (SSSR count). The molecule has 0 amide bonds. The molecule has 0 spiro atoms. The first-order chi connectivity index (χ1) is 7.67. The molecule has 2 N–H and O–H groups in total. The first-order valence-corrected chi connectivity index (χ1v) is 6.21. The predicted molar refractivity (Wildman–Crippen MR) is 68.8 cm³/mol. The zero-order chi connectivity index (χ0) is 13.5. The SMILES string of the molecule is CC(C)(C)OC=O.CC(C)(O)[C@H]1CCCNC1. The van der Waals surface area contributed by atoms with Crippen molar-refractivity contribution in [3.8, 4) is 0 Å². The van der Waals surface area contributed by atoms with Crippen LogP contribution in [0.5, 0.6) is 0 Å². The van der Waals surface area contributed by atoms with E-state index in [1.807, 2.05) is 34.6 Å². The topological polar surface area (TPSA) is 58.6 Å². The predicted octanol–water partition coefficient (Wildman–Crippen LogP) is 1.71. The fraction of sp³-hybridized carbons (Fsp3) is 0.923. The van der Waals surface area contributed by atoms with Crippen LogP contribution in [-0.2, 0) is 9.53 Å². The van der Waals surface area contributed by atoms with Gasteiger partial charge in [0.05, 0.1) is 5.60 Å². The first kappa shape index (κ1) is 16.4. The largest absolute Gasteiger partial charge is 0.462 e. The molecular formula is C13H27NO3. The first-order valence-electron chi connectivity index (χ1n) is 6.21. The highest BCUT2D eigenvalue weighted by Crippen LogP contribution is 2.22. The van der Waals surface area contributed by atoms with Crippen LogP contribution < -0.4 is 5.32 Å². The fourth-order valence-corrected chi connectivity index (χ4v) is 1.60. The van der Waals surface area contributed by atoms with Crippen molar-refractivity contribution in [2.45, 2.75) is 58.7 Å². The summed E-state index contributed by atoms with van der Waals surface area (Å²) in [6.45, 7) is 11.8. The lowest BCUT2D eigenvalue weighted by Crippen LogP contribution is -2.42. The van der Waals surface area contributed by atoms with Crippen LogP contribution in [0.25, 0.3) is 0 Å². The van der Waals surface area contributed by atoms with Crippen LogP contribution in [0, 0.1) is 5.92 Å².